The first-order valence-electron chi connectivity index (χ1n) is 12.2. The maximum absolute atomic E-state index is 11.8. The molecular formula is C27H35NO6. The quantitative estimate of drug-likeness (QED) is 0.275. The van der Waals surface area contributed by atoms with Crippen LogP contribution in [-0.2, 0) is 25.6 Å². The van der Waals surface area contributed by atoms with Crippen LogP contribution in [0.2, 0.25) is 0 Å². The number of aliphatic hydroxyl groups excluding tert-OH is 2. The number of amides is 2. The number of aryl methyl sites for hydroxylation is 1. The third-order valence-corrected chi connectivity index (χ3v) is 6.48. The molecule has 2 amide bonds. The molecular weight excluding hydrogens is 434 g/mol. The molecule has 2 N–H and O–H groups in total. The normalized spacial score (nSPS) is 25.2. The Hall–Kier alpha value is -2.77. The molecule has 7 nitrogen and oxygen atoms in total. The highest BCUT2D eigenvalue weighted by Gasteiger charge is 2.39. The first-order valence-corrected chi connectivity index (χ1v) is 12.2. The molecule has 1 aromatic rings. The first kappa shape index (κ1) is 25.8. The smallest absolute Gasteiger partial charge is 0.333 e. The number of hydroxylamine groups is 2. The van der Waals surface area contributed by atoms with Crippen LogP contribution in [0.4, 0.5) is 0 Å². The molecule has 1 aromatic carbocycles. The molecule has 2 aliphatic rings. The van der Waals surface area contributed by atoms with Crippen molar-refractivity contribution in [1.82, 2.24) is 5.06 Å². The van der Waals surface area contributed by atoms with E-state index in [0.29, 0.717) is 30.7 Å². The van der Waals surface area contributed by atoms with Crippen molar-refractivity contribution in [2.45, 2.75) is 76.4 Å². The van der Waals surface area contributed by atoms with Crippen molar-refractivity contribution in [3.05, 3.63) is 60.2 Å². The molecule has 0 radical (unpaired) electrons. The van der Waals surface area contributed by atoms with Gasteiger partial charge >= 0.3 is 5.97 Å². The number of allylic oxidation sites excluding steroid dienone is 3. The van der Waals surface area contributed by atoms with E-state index in [1.54, 1.807) is 0 Å². The van der Waals surface area contributed by atoms with Crippen LogP contribution in [0.25, 0.3) is 0 Å². The van der Waals surface area contributed by atoms with E-state index in [2.05, 4.69) is 24.3 Å². The highest BCUT2D eigenvalue weighted by molar-refractivity contribution is 6.01. The van der Waals surface area contributed by atoms with Crippen molar-refractivity contribution in [3.63, 3.8) is 0 Å². The van der Waals surface area contributed by atoms with Gasteiger partial charge in [0.25, 0.3) is 11.8 Å². The molecule has 7 heteroatoms. The van der Waals surface area contributed by atoms with Crippen molar-refractivity contribution >= 4 is 17.8 Å². The number of hydrogen-bond acceptors (Lipinski definition) is 6. The average Bonchev–Trinajstić information content (AvgIpc) is 3.28. The number of aliphatic hydroxyl groups is 2. The highest BCUT2D eigenvalue weighted by atomic mass is 16.7. The Balaban J connectivity index is 1.35. The minimum atomic E-state index is -0.594. The summed E-state index contributed by atoms with van der Waals surface area (Å²) in [6.07, 6.45) is 12.5. The molecule has 0 aromatic heterocycles. The second-order valence-electron chi connectivity index (χ2n) is 9.06. The summed E-state index contributed by atoms with van der Waals surface area (Å²) in [4.78, 5) is 39.6. The van der Waals surface area contributed by atoms with E-state index in [0.717, 1.165) is 19.3 Å². The van der Waals surface area contributed by atoms with Crippen molar-refractivity contribution in [1.29, 1.82) is 0 Å². The van der Waals surface area contributed by atoms with Gasteiger partial charge in [0.15, 0.2) is 0 Å². The zero-order valence-electron chi connectivity index (χ0n) is 19.6. The van der Waals surface area contributed by atoms with Crippen LogP contribution in [0.3, 0.4) is 0 Å². The summed E-state index contributed by atoms with van der Waals surface area (Å²) in [5.41, 5.74) is 1.32. The summed E-state index contributed by atoms with van der Waals surface area (Å²) >= 11 is 0. The monoisotopic (exact) mass is 469 g/mol. The fourth-order valence-corrected chi connectivity index (χ4v) is 4.57. The van der Waals surface area contributed by atoms with Gasteiger partial charge in [-0.2, -0.15) is 0 Å². The fourth-order valence-electron chi connectivity index (χ4n) is 4.57. The predicted molar refractivity (Wildman–Crippen MR) is 127 cm³/mol. The Kier molecular flexibility index (Phi) is 10.0. The molecule has 1 aliphatic heterocycles. The van der Waals surface area contributed by atoms with Gasteiger partial charge in [0.05, 0.1) is 12.2 Å². The Morgan fingerprint density at radius 1 is 0.971 bits per heavy atom. The summed E-state index contributed by atoms with van der Waals surface area (Å²) in [5.74, 6) is -1.65. The van der Waals surface area contributed by atoms with E-state index in [9.17, 15) is 24.6 Å². The molecule has 1 heterocycles. The Morgan fingerprint density at radius 2 is 1.68 bits per heavy atom. The number of imide groups is 1. The van der Waals surface area contributed by atoms with E-state index in [-0.39, 0.29) is 31.1 Å². The molecule has 34 heavy (non-hydrogen) atoms. The highest BCUT2D eigenvalue weighted by Crippen LogP contribution is 2.36. The van der Waals surface area contributed by atoms with Gasteiger partial charge < -0.3 is 15.1 Å². The summed E-state index contributed by atoms with van der Waals surface area (Å²) < 4.78 is 0. The van der Waals surface area contributed by atoms with Gasteiger partial charge in [0, 0.05) is 31.6 Å². The van der Waals surface area contributed by atoms with Gasteiger partial charge in [-0.15, -0.1) is 5.06 Å². The second-order valence-corrected chi connectivity index (χ2v) is 9.06. The van der Waals surface area contributed by atoms with Crippen LogP contribution in [-0.4, -0.2) is 45.3 Å². The largest absolute Gasteiger partial charge is 0.393 e. The van der Waals surface area contributed by atoms with E-state index in [1.807, 2.05) is 30.4 Å². The lowest BCUT2D eigenvalue weighted by atomic mass is 9.89. The van der Waals surface area contributed by atoms with Crippen molar-refractivity contribution in [3.8, 4) is 0 Å². The topological polar surface area (TPSA) is 104 Å². The maximum atomic E-state index is 11.8. The van der Waals surface area contributed by atoms with Gasteiger partial charge in [-0.1, -0.05) is 54.6 Å². The van der Waals surface area contributed by atoms with E-state index in [4.69, 9.17) is 4.84 Å². The summed E-state index contributed by atoms with van der Waals surface area (Å²) in [6.45, 7) is 0. The van der Waals surface area contributed by atoms with Gasteiger partial charge in [-0.05, 0) is 50.0 Å². The lowest BCUT2D eigenvalue weighted by molar-refractivity contribution is -0.197. The number of rotatable bonds is 12. The molecule has 184 valence electrons. The van der Waals surface area contributed by atoms with Crippen LogP contribution >= 0.6 is 0 Å². The number of benzene rings is 1. The first-order chi connectivity index (χ1) is 16.5. The molecule has 1 saturated carbocycles. The molecule has 0 spiro atoms. The number of carbonyl (C=O) groups is 3. The standard InChI is InChI=1S/C27H35NO6/c29-23-19-24(30)22(15-9-4-7-13-20-11-5-3-6-12-20)21(23)14-8-1-2-10-16-27(33)34-28-25(31)17-18-26(28)32/h1,3,5-6,8-9,11-12,15,21-24,29-30H,2,4,7,10,13-14,16-19H2/b8-1-,15-9+/t21-,22-,23+,24-/m1/s1. The molecule has 1 saturated heterocycles. The Labute approximate surface area is 201 Å². The van der Waals surface area contributed by atoms with Crippen LogP contribution in [0.5, 0.6) is 0 Å². The van der Waals surface area contributed by atoms with Crippen molar-refractivity contribution in [2.75, 3.05) is 0 Å². The fraction of sp³-hybridized carbons (Fsp3) is 0.519. The Bertz CT molecular complexity index is 864. The van der Waals surface area contributed by atoms with E-state index >= 15 is 0 Å². The van der Waals surface area contributed by atoms with Crippen LogP contribution in [0, 0.1) is 11.8 Å². The third kappa shape index (κ3) is 7.64. The molecule has 0 bridgehead atoms. The predicted octanol–water partition coefficient (Wildman–Crippen LogP) is 3.65. The molecule has 0 unspecified atom stereocenters. The van der Waals surface area contributed by atoms with Gasteiger partial charge in [-0.3, -0.25) is 9.59 Å². The number of carbonyl (C=O) groups excluding carboxylic acids is 3. The SMILES string of the molecule is O=C(CCC/C=C\C[C@@H]1[C@@H](/C=C/CCCc2ccccc2)[C@H](O)C[C@@H]1O)ON1C(=O)CCC1=O. The Morgan fingerprint density at radius 3 is 2.41 bits per heavy atom. The lowest BCUT2D eigenvalue weighted by Gasteiger charge is -2.19. The van der Waals surface area contributed by atoms with Crippen molar-refractivity contribution in [2.24, 2.45) is 11.8 Å². The maximum Gasteiger partial charge on any atom is 0.333 e. The summed E-state index contributed by atoms with van der Waals surface area (Å²) in [5, 5.41) is 21.3. The van der Waals surface area contributed by atoms with Crippen molar-refractivity contribution < 1.29 is 29.4 Å². The molecule has 2 fully saturated rings. The third-order valence-electron chi connectivity index (χ3n) is 6.48. The summed E-state index contributed by atoms with van der Waals surface area (Å²) in [7, 11) is 0. The number of hydrogen-bond donors (Lipinski definition) is 2. The van der Waals surface area contributed by atoms with E-state index < -0.39 is 30.0 Å². The van der Waals surface area contributed by atoms with E-state index in [1.165, 1.54) is 5.56 Å². The molecule has 4 atom stereocenters. The zero-order valence-corrected chi connectivity index (χ0v) is 19.6. The number of nitrogens with zero attached hydrogens (tertiary/aromatic N) is 1. The van der Waals surface area contributed by atoms with Crippen LogP contribution in [0.15, 0.2) is 54.6 Å². The minimum absolute atomic E-state index is 0.0335. The van der Waals surface area contributed by atoms with Crippen LogP contribution in [0.1, 0.15) is 63.4 Å². The van der Waals surface area contributed by atoms with Gasteiger partial charge in [-0.25, -0.2) is 4.79 Å². The zero-order chi connectivity index (χ0) is 24.3. The minimum Gasteiger partial charge on any atom is -0.393 e. The lowest BCUT2D eigenvalue weighted by Crippen LogP contribution is -2.31. The van der Waals surface area contributed by atoms with Gasteiger partial charge in [0.1, 0.15) is 0 Å². The second kappa shape index (κ2) is 13.2. The molecule has 3 rings (SSSR count). The van der Waals surface area contributed by atoms with Crippen LogP contribution < -0.4 is 0 Å². The van der Waals surface area contributed by atoms with Gasteiger partial charge in [0.2, 0.25) is 0 Å². The average molecular weight is 470 g/mol. The number of unbranched alkanes of at least 4 members (excludes halogenated alkanes) is 2. The molecule has 1 aliphatic carbocycles. The summed E-state index contributed by atoms with van der Waals surface area (Å²) in [6, 6.07) is 10.4.